The van der Waals surface area contributed by atoms with E-state index in [1.54, 1.807) is 0 Å². The van der Waals surface area contributed by atoms with Gasteiger partial charge in [0.05, 0.1) is 0 Å². The van der Waals surface area contributed by atoms with E-state index in [1.807, 2.05) is 0 Å². The molecule has 0 aromatic rings. The summed E-state index contributed by atoms with van der Waals surface area (Å²) in [6.07, 6.45) is -12.2. The number of hydrogen-bond donors (Lipinski definition) is 2. The number of ether oxygens (including phenoxy) is 4. The van der Waals surface area contributed by atoms with E-state index in [9.17, 15) is 37.5 Å². The number of amides is 1. The Morgan fingerprint density at radius 1 is 1.00 bits per heavy atom. The van der Waals surface area contributed by atoms with Gasteiger partial charge in [0.1, 0.15) is 18.8 Å². The second-order valence-corrected chi connectivity index (χ2v) is 5.51. The van der Waals surface area contributed by atoms with Gasteiger partial charge in [-0.2, -0.15) is 13.2 Å². The molecule has 1 rings (SSSR count). The van der Waals surface area contributed by atoms with Crippen LogP contribution < -0.4 is 5.32 Å². The Balaban J connectivity index is 3.23. The normalized spacial score (nSPS) is 28.0. The number of aliphatic hydroxyl groups excluding tert-OH is 1. The molecule has 0 bridgehead atoms. The topological polar surface area (TPSA) is 137 Å². The first-order chi connectivity index (χ1) is 12.3. The molecule has 1 amide bonds. The fourth-order valence-corrected chi connectivity index (χ4v) is 2.32. The minimum atomic E-state index is -5.31. The Bertz CT molecular complexity index is 595. The van der Waals surface area contributed by atoms with Gasteiger partial charge in [-0.05, 0) is 0 Å². The minimum absolute atomic E-state index is 0.616. The Morgan fingerprint density at radius 3 is 1.96 bits per heavy atom. The summed E-state index contributed by atoms with van der Waals surface area (Å²) in [4.78, 5) is 44.9. The van der Waals surface area contributed by atoms with Crippen molar-refractivity contribution in [3.8, 4) is 0 Å². The molecule has 1 saturated heterocycles. The number of carbonyl (C=O) groups excluding carboxylic acids is 4. The van der Waals surface area contributed by atoms with Crippen molar-refractivity contribution in [1.29, 1.82) is 0 Å². The van der Waals surface area contributed by atoms with Crippen LogP contribution in [0.3, 0.4) is 0 Å². The molecule has 10 nitrogen and oxygen atoms in total. The predicted octanol–water partition coefficient (Wildman–Crippen LogP) is -0.823. The number of rotatable bonds is 5. The third-order valence-corrected chi connectivity index (χ3v) is 3.28. The fourth-order valence-electron chi connectivity index (χ4n) is 2.32. The SMILES string of the molecule is CC(=O)OC[C@@H]1O[C@H](O)[C@H](OC(C)=O)[C@@H](NC(=O)C(F)(F)F)[C@@H]1OC(C)=O. The first-order valence-electron chi connectivity index (χ1n) is 7.52. The highest BCUT2D eigenvalue weighted by Gasteiger charge is 2.52. The molecule has 0 saturated carbocycles. The molecule has 0 aliphatic carbocycles. The molecule has 2 N–H and O–H groups in total. The van der Waals surface area contributed by atoms with Crippen molar-refractivity contribution >= 4 is 23.8 Å². The van der Waals surface area contributed by atoms with Crippen LogP contribution in [0.25, 0.3) is 0 Å². The molecule has 1 aliphatic rings. The quantitative estimate of drug-likeness (QED) is 0.447. The van der Waals surface area contributed by atoms with E-state index in [2.05, 4.69) is 4.74 Å². The molecule has 13 heteroatoms. The number of aliphatic hydroxyl groups is 1. The van der Waals surface area contributed by atoms with Crippen molar-refractivity contribution in [2.24, 2.45) is 0 Å². The summed E-state index contributed by atoms with van der Waals surface area (Å²) in [7, 11) is 0. The molecular weight excluding hydrogens is 383 g/mol. The van der Waals surface area contributed by atoms with Crippen molar-refractivity contribution in [3.05, 3.63) is 0 Å². The maximum Gasteiger partial charge on any atom is 0.471 e. The molecule has 0 aromatic heterocycles. The zero-order chi connectivity index (χ0) is 20.9. The van der Waals surface area contributed by atoms with Gasteiger partial charge in [0.25, 0.3) is 0 Å². The summed E-state index contributed by atoms with van der Waals surface area (Å²) in [5, 5.41) is 11.5. The fraction of sp³-hybridized carbons (Fsp3) is 0.714. The van der Waals surface area contributed by atoms with E-state index < -0.39 is 67.2 Å². The van der Waals surface area contributed by atoms with E-state index in [0.29, 0.717) is 0 Å². The Morgan fingerprint density at radius 2 is 1.52 bits per heavy atom. The highest BCUT2D eigenvalue weighted by Crippen LogP contribution is 2.27. The number of hydrogen-bond acceptors (Lipinski definition) is 9. The maximum absolute atomic E-state index is 12.6. The van der Waals surface area contributed by atoms with Crippen LogP contribution in [-0.2, 0) is 38.1 Å². The largest absolute Gasteiger partial charge is 0.471 e. The highest BCUT2D eigenvalue weighted by molar-refractivity contribution is 5.82. The van der Waals surface area contributed by atoms with Crippen molar-refractivity contribution in [1.82, 2.24) is 5.32 Å². The molecule has 0 spiro atoms. The molecule has 1 aliphatic heterocycles. The standard InChI is InChI=1S/C14H18F3NO9/c1-5(19)24-4-8-10(25-6(2)20)9(18-13(23)14(15,16)17)11(12(22)27-8)26-7(3)21/h8-12,22H,4H2,1-3H3,(H,18,23)/t8-,9-,10+,11+,12-/m0/s1. The summed E-state index contributed by atoms with van der Waals surface area (Å²) >= 11 is 0. The van der Waals surface area contributed by atoms with Gasteiger partial charge in [0, 0.05) is 20.8 Å². The third-order valence-electron chi connectivity index (χ3n) is 3.28. The smallest absolute Gasteiger partial charge is 0.463 e. The second kappa shape index (κ2) is 8.99. The first kappa shape index (κ1) is 22.6. The number of esters is 3. The number of carbonyl (C=O) groups is 4. The molecule has 0 unspecified atom stereocenters. The number of alkyl halides is 3. The van der Waals surface area contributed by atoms with Crippen LogP contribution in [-0.4, -0.2) is 72.3 Å². The average Bonchev–Trinajstić information content (AvgIpc) is 2.49. The van der Waals surface area contributed by atoms with Crippen LogP contribution in [0, 0.1) is 0 Å². The Kier molecular flexibility index (Phi) is 7.54. The number of halogens is 3. The third kappa shape index (κ3) is 6.67. The van der Waals surface area contributed by atoms with Gasteiger partial charge in [-0.3, -0.25) is 19.2 Å². The van der Waals surface area contributed by atoms with Crippen molar-refractivity contribution < 1.29 is 56.4 Å². The molecule has 154 valence electrons. The summed E-state index contributed by atoms with van der Waals surface area (Å²) in [5.74, 6) is -5.19. The molecule has 0 aromatic carbocycles. The van der Waals surface area contributed by atoms with E-state index in [-0.39, 0.29) is 0 Å². The summed E-state index contributed by atoms with van der Waals surface area (Å²) < 4.78 is 57.2. The van der Waals surface area contributed by atoms with E-state index >= 15 is 0 Å². The zero-order valence-electron chi connectivity index (χ0n) is 14.4. The van der Waals surface area contributed by atoms with Crippen LogP contribution in [0.5, 0.6) is 0 Å². The summed E-state index contributed by atoms with van der Waals surface area (Å²) in [6, 6.07) is -1.84. The van der Waals surface area contributed by atoms with Crippen LogP contribution in [0.15, 0.2) is 0 Å². The molecule has 0 radical (unpaired) electrons. The van der Waals surface area contributed by atoms with E-state index in [0.717, 1.165) is 20.8 Å². The molecule has 1 fully saturated rings. The average molecular weight is 401 g/mol. The van der Waals surface area contributed by atoms with Gasteiger partial charge in [0.15, 0.2) is 18.5 Å². The van der Waals surface area contributed by atoms with Gasteiger partial charge in [-0.25, -0.2) is 0 Å². The lowest BCUT2D eigenvalue weighted by Gasteiger charge is -2.43. The highest BCUT2D eigenvalue weighted by atomic mass is 19.4. The maximum atomic E-state index is 12.6. The Labute approximate surface area is 150 Å². The Hall–Kier alpha value is -2.41. The van der Waals surface area contributed by atoms with E-state index in [1.165, 1.54) is 5.32 Å². The van der Waals surface area contributed by atoms with E-state index in [4.69, 9.17) is 14.2 Å². The molecule has 27 heavy (non-hydrogen) atoms. The first-order valence-corrected chi connectivity index (χ1v) is 7.52. The van der Waals surface area contributed by atoms with Gasteiger partial charge >= 0.3 is 30.0 Å². The van der Waals surface area contributed by atoms with Crippen molar-refractivity contribution in [2.45, 2.75) is 57.6 Å². The van der Waals surface area contributed by atoms with Crippen LogP contribution >= 0.6 is 0 Å². The summed E-state index contributed by atoms with van der Waals surface area (Å²) in [5.41, 5.74) is 0. The van der Waals surface area contributed by atoms with Gasteiger partial charge in [-0.15, -0.1) is 0 Å². The minimum Gasteiger partial charge on any atom is -0.463 e. The predicted molar refractivity (Wildman–Crippen MR) is 76.6 cm³/mol. The molecule has 5 atom stereocenters. The van der Waals surface area contributed by atoms with Crippen LogP contribution in [0.1, 0.15) is 20.8 Å². The second-order valence-electron chi connectivity index (χ2n) is 5.51. The lowest BCUT2D eigenvalue weighted by molar-refractivity contribution is -0.272. The number of nitrogens with one attached hydrogen (secondary N) is 1. The lowest BCUT2D eigenvalue weighted by Crippen LogP contribution is -2.67. The molecular formula is C14H18F3NO9. The van der Waals surface area contributed by atoms with Gasteiger partial charge in [-0.1, -0.05) is 0 Å². The van der Waals surface area contributed by atoms with Crippen molar-refractivity contribution in [3.63, 3.8) is 0 Å². The monoisotopic (exact) mass is 401 g/mol. The van der Waals surface area contributed by atoms with Crippen LogP contribution in [0.2, 0.25) is 0 Å². The van der Waals surface area contributed by atoms with Crippen molar-refractivity contribution in [2.75, 3.05) is 6.61 Å². The summed E-state index contributed by atoms with van der Waals surface area (Å²) in [6.45, 7) is 2.25. The van der Waals surface area contributed by atoms with Gasteiger partial charge in [0.2, 0.25) is 0 Å². The van der Waals surface area contributed by atoms with Gasteiger partial charge < -0.3 is 29.4 Å². The lowest BCUT2D eigenvalue weighted by atomic mass is 9.95. The van der Waals surface area contributed by atoms with Crippen LogP contribution in [0.4, 0.5) is 13.2 Å². The zero-order valence-corrected chi connectivity index (χ0v) is 14.4. The molecule has 1 heterocycles.